The van der Waals surface area contributed by atoms with E-state index in [1.165, 1.54) is 29.5 Å². The van der Waals surface area contributed by atoms with Crippen molar-refractivity contribution in [2.45, 2.75) is 32.4 Å². The van der Waals surface area contributed by atoms with Gasteiger partial charge in [0.1, 0.15) is 18.0 Å². The topological polar surface area (TPSA) is 81.8 Å². The Morgan fingerprint density at radius 2 is 2.07 bits per heavy atom. The lowest BCUT2D eigenvalue weighted by Gasteiger charge is -2.26. The second kappa shape index (κ2) is 8.39. The summed E-state index contributed by atoms with van der Waals surface area (Å²) in [5.41, 5.74) is 4.71. The highest BCUT2D eigenvalue weighted by Gasteiger charge is 2.25. The van der Waals surface area contributed by atoms with Crippen molar-refractivity contribution in [2.24, 2.45) is 0 Å². The third-order valence-electron chi connectivity index (χ3n) is 5.33. The van der Waals surface area contributed by atoms with E-state index in [0.717, 1.165) is 37.0 Å². The van der Waals surface area contributed by atoms with E-state index >= 15 is 0 Å². The number of aromatic nitrogens is 4. The summed E-state index contributed by atoms with van der Waals surface area (Å²) in [5.74, 6) is 1.84. The standard InChI is InChI=1S/C21H27N7/c1-15-5-7-16(8-6-15)21-17(12-26-27-21)11-23-13-18-4-3-9-28(18)20-10-19(22-2)24-14-25-20/h5-8,10,12,14,18,23H,3-4,9,11,13H2,1-2H3,(H,26,27)(H,22,24,25). The molecule has 7 nitrogen and oxygen atoms in total. The molecule has 0 aliphatic carbocycles. The maximum atomic E-state index is 4.47. The smallest absolute Gasteiger partial charge is 0.134 e. The van der Waals surface area contributed by atoms with Crippen LogP contribution in [0.1, 0.15) is 24.0 Å². The molecule has 1 saturated heterocycles. The van der Waals surface area contributed by atoms with Crippen molar-refractivity contribution in [1.29, 1.82) is 0 Å². The predicted octanol–water partition coefficient (Wildman–Crippen LogP) is 2.98. The first-order valence-electron chi connectivity index (χ1n) is 9.81. The van der Waals surface area contributed by atoms with Crippen LogP contribution in [0.4, 0.5) is 11.6 Å². The van der Waals surface area contributed by atoms with Gasteiger partial charge in [0.15, 0.2) is 0 Å². The summed E-state index contributed by atoms with van der Waals surface area (Å²) in [6, 6.07) is 11.0. The SMILES string of the molecule is CNc1cc(N2CCCC2CNCc2cn[nH]c2-c2ccc(C)cc2)ncn1. The van der Waals surface area contributed by atoms with Crippen LogP contribution in [0, 0.1) is 6.92 Å². The lowest BCUT2D eigenvalue weighted by Crippen LogP contribution is -2.38. The Kier molecular flexibility index (Phi) is 5.53. The zero-order valence-corrected chi connectivity index (χ0v) is 16.4. The Hall–Kier alpha value is -2.93. The molecule has 28 heavy (non-hydrogen) atoms. The van der Waals surface area contributed by atoms with Crippen molar-refractivity contribution in [3.8, 4) is 11.3 Å². The molecule has 1 atom stereocenters. The van der Waals surface area contributed by atoms with Crippen LogP contribution >= 0.6 is 0 Å². The molecule has 0 bridgehead atoms. The molecule has 1 aromatic carbocycles. The van der Waals surface area contributed by atoms with Crippen LogP contribution in [0.3, 0.4) is 0 Å². The third kappa shape index (κ3) is 3.99. The van der Waals surface area contributed by atoms with Gasteiger partial charge in [-0.2, -0.15) is 5.10 Å². The monoisotopic (exact) mass is 377 g/mol. The lowest BCUT2D eigenvalue weighted by molar-refractivity contribution is 0.571. The second-order valence-electron chi connectivity index (χ2n) is 7.27. The Balaban J connectivity index is 1.39. The van der Waals surface area contributed by atoms with E-state index in [1.807, 2.05) is 19.3 Å². The normalized spacial score (nSPS) is 16.5. The molecule has 146 valence electrons. The number of benzene rings is 1. The fraction of sp³-hybridized carbons (Fsp3) is 0.381. The van der Waals surface area contributed by atoms with Gasteiger partial charge in [0, 0.05) is 44.4 Å². The average molecular weight is 377 g/mol. The van der Waals surface area contributed by atoms with E-state index in [-0.39, 0.29) is 0 Å². The van der Waals surface area contributed by atoms with Gasteiger partial charge >= 0.3 is 0 Å². The molecular weight excluding hydrogens is 350 g/mol. The molecule has 1 aliphatic heterocycles. The summed E-state index contributed by atoms with van der Waals surface area (Å²) >= 11 is 0. The number of aromatic amines is 1. The number of hydrogen-bond donors (Lipinski definition) is 3. The number of H-pyrrole nitrogens is 1. The molecule has 3 aromatic rings. The fourth-order valence-corrected chi connectivity index (χ4v) is 3.78. The molecule has 1 unspecified atom stereocenters. The third-order valence-corrected chi connectivity index (χ3v) is 5.33. The van der Waals surface area contributed by atoms with Crippen LogP contribution < -0.4 is 15.5 Å². The molecule has 3 N–H and O–H groups in total. The highest BCUT2D eigenvalue weighted by atomic mass is 15.2. The molecule has 0 saturated carbocycles. The molecule has 1 fully saturated rings. The predicted molar refractivity (Wildman–Crippen MR) is 112 cm³/mol. The highest BCUT2D eigenvalue weighted by molar-refractivity contribution is 5.62. The molecule has 0 spiro atoms. The molecule has 0 amide bonds. The Labute approximate surface area is 165 Å². The van der Waals surface area contributed by atoms with E-state index < -0.39 is 0 Å². The van der Waals surface area contributed by atoms with Crippen molar-refractivity contribution in [1.82, 2.24) is 25.5 Å². The van der Waals surface area contributed by atoms with E-state index in [4.69, 9.17) is 0 Å². The number of rotatable bonds is 7. The Morgan fingerprint density at radius 3 is 2.89 bits per heavy atom. The lowest BCUT2D eigenvalue weighted by atomic mass is 10.1. The summed E-state index contributed by atoms with van der Waals surface area (Å²) in [5, 5.41) is 14.1. The van der Waals surface area contributed by atoms with Crippen molar-refractivity contribution >= 4 is 11.6 Å². The van der Waals surface area contributed by atoms with Crippen LogP contribution in [0.5, 0.6) is 0 Å². The van der Waals surface area contributed by atoms with Gasteiger partial charge < -0.3 is 15.5 Å². The molecule has 3 heterocycles. The summed E-state index contributed by atoms with van der Waals surface area (Å²) in [6.07, 6.45) is 5.90. The molecule has 1 aliphatic rings. The Morgan fingerprint density at radius 1 is 1.21 bits per heavy atom. The van der Waals surface area contributed by atoms with E-state index in [9.17, 15) is 0 Å². The van der Waals surface area contributed by atoms with E-state index in [0.29, 0.717) is 6.04 Å². The van der Waals surface area contributed by atoms with E-state index in [1.54, 1.807) is 6.33 Å². The van der Waals surface area contributed by atoms with Crippen molar-refractivity contribution < 1.29 is 0 Å². The largest absolute Gasteiger partial charge is 0.373 e. The van der Waals surface area contributed by atoms with Gasteiger partial charge in [-0.25, -0.2) is 9.97 Å². The first-order valence-corrected chi connectivity index (χ1v) is 9.81. The number of nitrogens with zero attached hydrogens (tertiary/aromatic N) is 4. The number of hydrogen-bond acceptors (Lipinski definition) is 6. The molecule has 0 radical (unpaired) electrons. The number of aryl methyl sites for hydroxylation is 1. The van der Waals surface area contributed by atoms with Gasteiger partial charge in [-0.1, -0.05) is 29.8 Å². The van der Waals surface area contributed by atoms with Crippen LogP contribution in [-0.2, 0) is 6.54 Å². The van der Waals surface area contributed by atoms with Crippen LogP contribution in [0.25, 0.3) is 11.3 Å². The molecular formula is C21H27N7. The van der Waals surface area contributed by atoms with Gasteiger partial charge in [0.2, 0.25) is 0 Å². The fourth-order valence-electron chi connectivity index (χ4n) is 3.78. The van der Waals surface area contributed by atoms with Crippen molar-refractivity contribution in [2.75, 3.05) is 30.4 Å². The van der Waals surface area contributed by atoms with Gasteiger partial charge in [0.25, 0.3) is 0 Å². The maximum absolute atomic E-state index is 4.47. The van der Waals surface area contributed by atoms with Crippen LogP contribution in [0.2, 0.25) is 0 Å². The maximum Gasteiger partial charge on any atom is 0.134 e. The minimum absolute atomic E-state index is 0.439. The van der Waals surface area contributed by atoms with Gasteiger partial charge in [-0.15, -0.1) is 0 Å². The average Bonchev–Trinajstić information content (AvgIpc) is 3.38. The summed E-state index contributed by atoms with van der Waals surface area (Å²) < 4.78 is 0. The van der Waals surface area contributed by atoms with Gasteiger partial charge in [-0.3, -0.25) is 5.10 Å². The molecule has 4 rings (SSSR count). The minimum atomic E-state index is 0.439. The first kappa shape index (κ1) is 18.4. The zero-order valence-electron chi connectivity index (χ0n) is 16.4. The zero-order chi connectivity index (χ0) is 19.3. The molecule has 2 aromatic heterocycles. The quantitative estimate of drug-likeness (QED) is 0.587. The summed E-state index contributed by atoms with van der Waals surface area (Å²) in [4.78, 5) is 11.1. The van der Waals surface area contributed by atoms with Gasteiger partial charge in [0.05, 0.1) is 11.9 Å². The summed E-state index contributed by atoms with van der Waals surface area (Å²) in [7, 11) is 1.88. The number of anilines is 2. The highest BCUT2D eigenvalue weighted by Crippen LogP contribution is 2.25. The summed E-state index contributed by atoms with van der Waals surface area (Å²) in [6.45, 7) is 4.84. The first-order chi connectivity index (χ1) is 13.7. The Bertz CT molecular complexity index is 903. The van der Waals surface area contributed by atoms with Crippen molar-refractivity contribution in [3.63, 3.8) is 0 Å². The van der Waals surface area contributed by atoms with Gasteiger partial charge in [-0.05, 0) is 25.3 Å². The second-order valence-corrected chi connectivity index (χ2v) is 7.27. The van der Waals surface area contributed by atoms with E-state index in [2.05, 4.69) is 66.9 Å². The minimum Gasteiger partial charge on any atom is -0.373 e. The van der Waals surface area contributed by atoms with Crippen LogP contribution in [0.15, 0.2) is 42.9 Å². The van der Waals surface area contributed by atoms with Crippen molar-refractivity contribution in [3.05, 3.63) is 54.0 Å². The molecule has 7 heteroatoms. The number of nitrogens with one attached hydrogen (secondary N) is 3. The van der Waals surface area contributed by atoms with Crippen LogP contribution in [-0.4, -0.2) is 46.3 Å².